The molecule has 0 heterocycles. The Bertz CT molecular complexity index is 498. The van der Waals surface area contributed by atoms with Crippen molar-refractivity contribution < 1.29 is 9.47 Å². The molecule has 0 aliphatic carbocycles. The van der Waals surface area contributed by atoms with Gasteiger partial charge in [-0.3, -0.25) is 0 Å². The number of methoxy groups -OCH3 is 2. The highest BCUT2D eigenvalue weighted by atomic mass is 16.5. The first-order chi connectivity index (χ1) is 9.67. The molecule has 108 valence electrons. The van der Waals surface area contributed by atoms with Gasteiger partial charge in [-0.15, -0.1) is 0 Å². The highest BCUT2D eigenvalue weighted by molar-refractivity contribution is 5.43. The van der Waals surface area contributed by atoms with E-state index < -0.39 is 0 Å². The van der Waals surface area contributed by atoms with Crippen molar-refractivity contribution in [2.45, 2.75) is 26.2 Å². The Balaban J connectivity index is 2.98. The van der Waals surface area contributed by atoms with Crippen LogP contribution in [0.5, 0.6) is 5.75 Å². The predicted octanol–water partition coefficient (Wildman–Crippen LogP) is 4.85. The SMILES string of the molecule is C=C(/C=C\C(=C/C)OC)C(CC)c1ccccc1OC. The Kier molecular flexibility index (Phi) is 6.65. The monoisotopic (exact) mass is 272 g/mol. The minimum absolute atomic E-state index is 0.248. The minimum Gasteiger partial charge on any atom is -0.497 e. The molecule has 0 aliphatic heterocycles. The number of allylic oxidation sites excluding steroid dienone is 4. The van der Waals surface area contributed by atoms with Crippen LogP contribution in [0.2, 0.25) is 0 Å². The first-order valence-corrected chi connectivity index (χ1v) is 6.88. The van der Waals surface area contributed by atoms with Crippen molar-refractivity contribution in [2.24, 2.45) is 0 Å². The molecule has 0 saturated carbocycles. The van der Waals surface area contributed by atoms with Crippen LogP contribution in [0.25, 0.3) is 0 Å². The molecular weight excluding hydrogens is 248 g/mol. The second-order valence-electron chi connectivity index (χ2n) is 4.51. The summed E-state index contributed by atoms with van der Waals surface area (Å²) in [6.45, 7) is 8.30. The van der Waals surface area contributed by atoms with Gasteiger partial charge in [-0.2, -0.15) is 0 Å². The molecule has 0 bridgehead atoms. The van der Waals surface area contributed by atoms with Crippen molar-refractivity contribution in [1.82, 2.24) is 0 Å². The molecule has 2 heteroatoms. The van der Waals surface area contributed by atoms with Crippen LogP contribution in [0, 0.1) is 0 Å². The van der Waals surface area contributed by atoms with Crippen LogP contribution in [0.15, 0.2) is 60.4 Å². The van der Waals surface area contributed by atoms with Gasteiger partial charge in [-0.1, -0.05) is 37.8 Å². The van der Waals surface area contributed by atoms with Crippen LogP contribution >= 0.6 is 0 Å². The van der Waals surface area contributed by atoms with Crippen molar-refractivity contribution in [3.8, 4) is 5.75 Å². The van der Waals surface area contributed by atoms with Gasteiger partial charge in [0.05, 0.1) is 14.2 Å². The van der Waals surface area contributed by atoms with Gasteiger partial charge in [0, 0.05) is 11.5 Å². The molecule has 0 spiro atoms. The summed E-state index contributed by atoms with van der Waals surface area (Å²) in [5, 5.41) is 0. The molecule has 2 nitrogen and oxygen atoms in total. The highest BCUT2D eigenvalue weighted by Gasteiger charge is 2.15. The van der Waals surface area contributed by atoms with Gasteiger partial charge in [0.2, 0.25) is 0 Å². The Morgan fingerprint density at radius 3 is 2.50 bits per heavy atom. The lowest BCUT2D eigenvalue weighted by Crippen LogP contribution is -2.02. The molecular formula is C18H24O2. The van der Waals surface area contributed by atoms with E-state index >= 15 is 0 Å². The lowest BCUT2D eigenvalue weighted by atomic mass is 9.88. The number of benzene rings is 1. The van der Waals surface area contributed by atoms with Crippen LogP contribution in [0.4, 0.5) is 0 Å². The summed E-state index contributed by atoms with van der Waals surface area (Å²) in [5.41, 5.74) is 2.22. The molecule has 1 rings (SSSR count). The molecule has 0 saturated heterocycles. The van der Waals surface area contributed by atoms with E-state index in [1.807, 2.05) is 43.4 Å². The van der Waals surface area contributed by atoms with Gasteiger partial charge in [0.25, 0.3) is 0 Å². The van der Waals surface area contributed by atoms with Crippen molar-refractivity contribution in [2.75, 3.05) is 14.2 Å². The van der Waals surface area contributed by atoms with E-state index in [0.29, 0.717) is 0 Å². The molecule has 0 aromatic heterocycles. The Morgan fingerprint density at radius 1 is 1.25 bits per heavy atom. The van der Waals surface area contributed by atoms with Crippen LogP contribution in [-0.4, -0.2) is 14.2 Å². The summed E-state index contributed by atoms with van der Waals surface area (Å²) in [4.78, 5) is 0. The summed E-state index contributed by atoms with van der Waals surface area (Å²) >= 11 is 0. The molecule has 20 heavy (non-hydrogen) atoms. The van der Waals surface area contributed by atoms with Crippen molar-refractivity contribution in [3.05, 3.63) is 66.0 Å². The third-order valence-corrected chi connectivity index (χ3v) is 3.35. The summed E-state index contributed by atoms with van der Waals surface area (Å²) < 4.78 is 10.7. The quantitative estimate of drug-likeness (QED) is 0.521. The van der Waals surface area contributed by atoms with Crippen LogP contribution in [0.1, 0.15) is 31.7 Å². The molecule has 0 amide bonds. The number of rotatable bonds is 7. The molecule has 0 N–H and O–H groups in total. The van der Waals surface area contributed by atoms with Crippen molar-refractivity contribution >= 4 is 0 Å². The van der Waals surface area contributed by atoms with E-state index in [1.54, 1.807) is 14.2 Å². The zero-order valence-corrected chi connectivity index (χ0v) is 12.8. The zero-order valence-electron chi connectivity index (χ0n) is 12.8. The number of para-hydroxylation sites is 1. The molecule has 1 unspecified atom stereocenters. The fourth-order valence-corrected chi connectivity index (χ4v) is 2.22. The van der Waals surface area contributed by atoms with Gasteiger partial charge < -0.3 is 9.47 Å². The smallest absolute Gasteiger partial charge is 0.122 e. The summed E-state index contributed by atoms with van der Waals surface area (Å²) in [6, 6.07) is 8.10. The molecule has 1 atom stereocenters. The zero-order chi connectivity index (χ0) is 15.0. The third kappa shape index (κ3) is 4.02. The standard InChI is InChI=1S/C18H24O2/c1-6-15(19-4)13-12-14(3)16(7-2)17-10-8-9-11-18(17)20-5/h6,8-13,16H,3,7H2,1-2,4-5H3/b13-12-,15-6+. The minimum atomic E-state index is 0.248. The van der Waals surface area contributed by atoms with Gasteiger partial charge in [0.1, 0.15) is 11.5 Å². The Morgan fingerprint density at radius 2 is 1.95 bits per heavy atom. The maximum atomic E-state index is 5.44. The second kappa shape index (κ2) is 8.26. The molecule has 0 aliphatic rings. The fourth-order valence-electron chi connectivity index (χ4n) is 2.22. The average Bonchev–Trinajstić information content (AvgIpc) is 2.49. The molecule has 0 radical (unpaired) electrons. The topological polar surface area (TPSA) is 18.5 Å². The lowest BCUT2D eigenvalue weighted by Gasteiger charge is -2.19. The fraction of sp³-hybridized carbons (Fsp3) is 0.333. The Labute approximate surface area is 122 Å². The van der Waals surface area contributed by atoms with E-state index in [1.165, 1.54) is 5.56 Å². The summed E-state index contributed by atoms with van der Waals surface area (Å²) in [5.74, 6) is 1.99. The van der Waals surface area contributed by atoms with Crippen molar-refractivity contribution in [1.29, 1.82) is 0 Å². The number of hydrogen-bond acceptors (Lipinski definition) is 2. The maximum absolute atomic E-state index is 5.44. The largest absolute Gasteiger partial charge is 0.497 e. The van der Waals surface area contributed by atoms with Gasteiger partial charge in [-0.25, -0.2) is 0 Å². The second-order valence-corrected chi connectivity index (χ2v) is 4.51. The summed E-state index contributed by atoms with van der Waals surface area (Å²) in [6.07, 6.45) is 6.86. The highest BCUT2D eigenvalue weighted by Crippen LogP contribution is 2.34. The van der Waals surface area contributed by atoms with Gasteiger partial charge >= 0.3 is 0 Å². The first-order valence-electron chi connectivity index (χ1n) is 6.88. The van der Waals surface area contributed by atoms with E-state index in [9.17, 15) is 0 Å². The first kappa shape index (κ1) is 16.1. The molecule has 1 aromatic carbocycles. The van der Waals surface area contributed by atoms with Crippen molar-refractivity contribution in [3.63, 3.8) is 0 Å². The van der Waals surface area contributed by atoms with E-state index in [-0.39, 0.29) is 5.92 Å². The number of hydrogen-bond donors (Lipinski definition) is 0. The van der Waals surface area contributed by atoms with E-state index in [2.05, 4.69) is 19.6 Å². The maximum Gasteiger partial charge on any atom is 0.122 e. The van der Waals surface area contributed by atoms with Gasteiger partial charge in [0.15, 0.2) is 0 Å². The van der Waals surface area contributed by atoms with E-state index in [4.69, 9.17) is 9.47 Å². The molecule has 1 aromatic rings. The van der Waals surface area contributed by atoms with Crippen LogP contribution in [0.3, 0.4) is 0 Å². The van der Waals surface area contributed by atoms with Crippen LogP contribution in [-0.2, 0) is 4.74 Å². The van der Waals surface area contributed by atoms with E-state index in [0.717, 1.165) is 23.5 Å². The third-order valence-electron chi connectivity index (χ3n) is 3.35. The lowest BCUT2D eigenvalue weighted by molar-refractivity contribution is 0.306. The number of ether oxygens (including phenoxy) is 2. The van der Waals surface area contributed by atoms with Gasteiger partial charge in [-0.05, 0) is 37.1 Å². The summed E-state index contributed by atoms with van der Waals surface area (Å²) in [7, 11) is 3.37. The predicted molar refractivity (Wildman–Crippen MR) is 85.1 cm³/mol. The van der Waals surface area contributed by atoms with Crippen LogP contribution < -0.4 is 4.74 Å². The average molecular weight is 272 g/mol. The normalized spacial score (nSPS) is 13.3. The molecule has 0 fully saturated rings. The Hall–Kier alpha value is -1.96.